The van der Waals surface area contributed by atoms with E-state index in [9.17, 15) is 0 Å². The zero-order valence-corrected chi connectivity index (χ0v) is 9.67. The minimum atomic E-state index is 0.692. The van der Waals surface area contributed by atoms with E-state index in [4.69, 9.17) is 9.47 Å². The fourth-order valence-electron chi connectivity index (χ4n) is 1.47. The van der Waals surface area contributed by atoms with E-state index in [1.807, 2.05) is 32.2 Å². The van der Waals surface area contributed by atoms with Crippen LogP contribution in [-0.2, 0) is 6.42 Å². The van der Waals surface area contributed by atoms with Gasteiger partial charge < -0.3 is 14.8 Å². The van der Waals surface area contributed by atoms with Gasteiger partial charge in [-0.25, -0.2) is 0 Å². The molecular weight excluding hydrogens is 190 g/mol. The second kappa shape index (κ2) is 6.30. The smallest absolute Gasteiger partial charge is 0.122 e. The number of ether oxygens (including phenoxy) is 2. The van der Waals surface area contributed by atoms with E-state index in [2.05, 4.69) is 5.32 Å². The zero-order valence-electron chi connectivity index (χ0n) is 9.67. The van der Waals surface area contributed by atoms with Crippen LogP contribution in [0.5, 0.6) is 11.5 Å². The van der Waals surface area contributed by atoms with Crippen molar-refractivity contribution in [2.24, 2.45) is 0 Å². The maximum absolute atomic E-state index is 5.45. The second-order valence-electron chi connectivity index (χ2n) is 3.26. The van der Waals surface area contributed by atoms with Crippen LogP contribution in [0, 0.1) is 0 Å². The number of nitrogens with one attached hydrogen (secondary N) is 1. The van der Waals surface area contributed by atoms with Crippen molar-refractivity contribution in [3.05, 3.63) is 23.8 Å². The van der Waals surface area contributed by atoms with Crippen molar-refractivity contribution in [2.75, 3.05) is 27.3 Å². The molecule has 0 amide bonds. The van der Waals surface area contributed by atoms with E-state index >= 15 is 0 Å². The number of rotatable bonds is 6. The van der Waals surface area contributed by atoms with E-state index in [0.29, 0.717) is 6.61 Å². The molecule has 0 aliphatic heterocycles. The zero-order chi connectivity index (χ0) is 11.1. The molecule has 0 spiro atoms. The Bertz CT molecular complexity index is 300. The minimum absolute atomic E-state index is 0.692. The van der Waals surface area contributed by atoms with Gasteiger partial charge >= 0.3 is 0 Å². The molecule has 0 heterocycles. The van der Waals surface area contributed by atoms with E-state index in [-0.39, 0.29) is 0 Å². The van der Waals surface area contributed by atoms with Gasteiger partial charge in [-0.3, -0.25) is 0 Å². The van der Waals surface area contributed by atoms with Crippen LogP contribution in [-0.4, -0.2) is 27.3 Å². The van der Waals surface area contributed by atoms with Crippen LogP contribution in [0.3, 0.4) is 0 Å². The maximum atomic E-state index is 5.45. The molecule has 0 aliphatic carbocycles. The maximum Gasteiger partial charge on any atom is 0.122 e. The predicted octanol–water partition coefficient (Wildman–Crippen LogP) is 1.86. The SMILES string of the molecule is CCOc1ccc(OC)c(CCNC)c1. The fourth-order valence-corrected chi connectivity index (χ4v) is 1.47. The van der Waals surface area contributed by atoms with Crippen molar-refractivity contribution in [3.8, 4) is 11.5 Å². The van der Waals surface area contributed by atoms with Crippen LogP contribution in [0.15, 0.2) is 18.2 Å². The lowest BCUT2D eigenvalue weighted by molar-refractivity contribution is 0.338. The van der Waals surface area contributed by atoms with Crippen LogP contribution >= 0.6 is 0 Å². The highest BCUT2D eigenvalue weighted by Gasteiger charge is 2.04. The van der Waals surface area contributed by atoms with Gasteiger partial charge in [-0.2, -0.15) is 0 Å². The van der Waals surface area contributed by atoms with Gasteiger partial charge in [0.25, 0.3) is 0 Å². The van der Waals surface area contributed by atoms with E-state index in [0.717, 1.165) is 24.5 Å². The van der Waals surface area contributed by atoms with Gasteiger partial charge in [0.1, 0.15) is 11.5 Å². The van der Waals surface area contributed by atoms with Crippen molar-refractivity contribution < 1.29 is 9.47 Å². The third-order valence-corrected chi connectivity index (χ3v) is 2.21. The molecule has 1 rings (SSSR count). The number of hydrogen-bond acceptors (Lipinski definition) is 3. The molecule has 0 unspecified atom stereocenters. The molecule has 84 valence electrons. The van der Waals surface area contributed by atoms with Crippen molar-refractivity contribution in [1.82, 2.24) is 5.32 Å². The van der Waals surface area contributed by atoms with E-state index < -0.39 is 0 Å². The van der Waals surface area contributed by atoms with Crippen molar-refractivity contribution in [3.63, 3.8) is 0 Å². The van der Waals surface area contributed by atoms with Crippen LogP contribution < -0.4 is 14.8 Å². The molecule has 0 aliphatic rings. The Hall–Kier alpha value is -1.22. The molecule has 0 saturated carbocycles. The first-order chi connectivity index (χ1) is 7.31. The highest BCUT2D eigenvalue weighted by Crippen LogP contribution is 2.24. The molecule has 0 aromatic heterocycles. The molecule has 1 aromatic rings. The molecule has 0 atom stereocenters. The third kappa shape index (κ3) is 3.44. The quantitative estimate of drug-likeness (QED) is 0.775. The Morgan fingerprint density at radius 3 is 2.73 bits per heavy atom. The fraction of sp³-hybridized carbons (Fsp3) is 0.500. The minimum Gasteiger partial charge on any atom is -0.496 e. The van der Waals surface area contributed by atoms with Gasteiger partial charge in [-0.15, -0.1) is 0 Å². The van der Waals surface area contributed by atoms with Gasteiger partial charge in [0.15, 0.2) is 0 Å². The number of hydrogen-bond donors (Lipinski definition) is 1. The summed E-state index contributed by atoms with van der Waals surface area (Å²) >= 11 is 0. The first kappa shape index (κ1) is 11.9. The molecule has 3 heteroatoms. The molecule has 15 heavy (non-hydrogen) atoms. The van der Waals surface area contributed by atoms with E-state index in [1.54, 1.807) is 7.11 Å². The Balaban J connectivity index is 2.81. The highest BCUT2D eigenvalue weighted by atomic mass is 16.5. The highest BCUT2D eigenvalue weighted by molar-refractivity contribution is 5.40. The Kier molecular flexibility index (Phi) is 4.98. The van der Waals surface area contributed by atoms with Crippen LogP contribution in [0.2, 0.25) is 0 Å². The summed E-state index contributed by atoms with van der Waals surface area (Å²) in [5.41, 5.74) is 1.18. The summed E-state index contributed by atoms with van der Waals surface area (Å²) in [5, 5.41) is 3.12. The average molecular weight is 209 g/mol. The van der Waals surface area contributed by atoms with Gasteiger partial charge in [-0.05, 0) is 50.7 Å². The average Bonchev–Trinajstić information content (AvgIpc) is 2.27. The second-order valence-corrected chi connectivity index (χ2v) is 3.26. The molecular formula is C12H19NO2. The van der Waals surface area contributed by atoms with Crippen LogP contribution in [0.1, 0.15) is 12.5 Å². The summed E-state index contributed by atoms with van der Waals surface area (Å²) < 4.78 is 10.7. The molecule has 3 nitrogen and oxygen atoms in total. The lowest BCUT2D eigenvalue weighted by Crippen LogP contribution is -2.11. The monoisotopic (exact) mass is 209 g/mol. The Morgan fingerprint density at radius 2 is 2.13 bits per heavy atom. The number of likely N-dealkylation sites (N-methyl/N-ethyl adjacent to an activating group) is 1. The Morgan fingerprint density at radius 1 is 1.33 bits per heavy atom. The molecule has 0 saturated heterocycles. The molecule has 1 N–H and O–H groups in total. The van der Waals surface area contributed by atoms with E-state index in [1.165, 1.54) is 5.56 Å². The lowest BCUT2D eigenvalue weighted by Gasteiger charge is -2.10. The molecule has 0 bridgehead atoms. The summed E-state index contributed by atoms with van der Waals surface area (Å²) in [6, 6.07) is 5.93. The van der Waals surface area contributed by atoms with Gasteiger partial charge in [-0.1, -0.05) is 0 Å². The topological polar surface area (TPSA) is 30.5 Å². The lowest BCUT2D eigenvalue weighted by atomic mass is 10.1. The molecule has 0 radical (unpaired) electrons. The van der Waals surface area contributed by atoms with Gasteiger partial charge in [0, 0.05) is 0 Å². The number of methoxy groups -OCH3 is 1. The van der Waals surface area contributed by atoms with Crippen LogP contribution in [0.4, 0.5) is 0 Å². The summed E-state index contributed by atoms with van der Waals surface area (Å²) in [6.45, 7) is 3.61. The Labute approximate surface area is 91.4 Å². The van der Waals surface area contributed by atoms with Crippen molar-refractivity contribution in [2.45, 2.75) is 13.3 Å². The first-order valence-corrected chi connectivity index (χ1v) is 5.26. The summed E-state index contributed by atoms with van der Waals surface area (Å²) in [6.07, 6.45) is 0.945. The summed E-state index contributed by atoms with van der Waals surface area (Å²) in [5.74, 6) is 1.83. The summed E-state index contributed by atoms with van der Waals surface area (Å²) in [7, 11) is 3.64. The van der Waals surface area contributed by atoms with Crippen molar-refractivity contribution >= 4 is 0 Å². The van der Waals surface area contributed by atoms with Gasteiger partial charge in [0.2, 0.25) is 0 Å². The first-order valence-electron chi connectivity index (χ1n) is 5.26. The number of benzene rings is 1. The standard InChI is InChI=1S/C12H19NO2/c1-4-15-11-5-6-12(14-3)10(9-11)7-8-13-2/h5-6,9,13H,4,7-8H2,1-3H3. The largest absolute Gasteiger partial charge is 0.496 e. The normalized spacial score (nSPS) is 10.1. The third-order valence-electron chi connectivity index (χ3n) is 2.21. The molecule has 0 fully saturated rings. The molecule has 1 aromatic carbocycles. The summed E-state index contributed by atoms with van der Waals surface area (Å²) in [4.78, 5) is 0. The van der Waals surface area contributed by atoms with Gasteiger partial charge in [0.05, 0.1) is 13.7 Å². The van der Waals surface area contributed by atoms with Crippen LogP contribution in [0.25, 0.3) is 0 Å². The predicted molar refractivity (Wildman–Crippen MR) is 61.8 cm³/mol. The van der Waals surface area contributed by atoms with Crippen molar-refractivity contribution in [1.29, 1.82) is 0 Å².